The van der Waals surface area contributed by atoms with Gasteiger partial charge in [0.1, 0.15) is 11.5 Å². The first-order valence-corrected chi connectivity index (χ1v) is 7.56. The molecule has 0 spiro atoms. The maximum absolute atomic E-state index is 14.0. The van der Waals surface area contributed by atoms with Gasteiger partial charge in [0.05, 0.1) is 17.4 Å². The molecular formula is C11H12BrFN2O4S. The van der Waals surface area contributed by atoms with Crippen LogP contribution in [0.5, 0.6) is 0 Å². The maximum atomic E-state index is 14.0. The molecule has 4 atom stereocenters. The first-order chi connectivity index (χ1) is 9.49. The Kier molecular flexibility index (Phi) is 4.84. The van der Waals surface area contributed by atoms with Crippen molar-refractivity contribution in [1.29, 1.82) is 0 Å². The van der Waals surface area contributed by atoms with Crippen LogP contribution in [-0.4, -0.2) is 43.9 Å². The number of aliphatic hydroxyl groups excluding tert-OH is 2. The lowest BCUT2D eigenvalue weighted by Gasteiger charge is -2.16. The predicted molar refractivity (Wildman–Crippen MR) is 77.7 cm³/mol. The molecule has 0 aromatic carbocycles. The van der Waals surface area contributed by atoms with Gasteiger partial charge in [-0.2, -0.15) is 0 Å². The van der Waals surface area contributed by atoms with E-state index in [2.05, 4.69) is 20.9 Å². The van der Waals surface area contributed by atoms with Crippen molar-refractivity contribution in [1.82, 2.24) is 9.55 Å². The average Bonchev–Trinajstić information content (AvgIpc) is 2.70. The van der Waals surface area contributed by atoms with E-state index in [1.54, 1.807) is 0 Å². The second-order valence-corrected chi connectivity index (χ2v) is 6.12. The van der Waals surface area contributed by atoms with Crippen molar-refractivity contribution < 1.29 is 14.6 Å². The van der Waals surface area contributed by atoms with E-state index in [1.807, 2.05) is 0 Å². The van der Waals surface area contributed by atoms with E-state index < -0.39 is 40.8 Å². The molecule has 1 aromatic rings. The van der Waals surface area contributed by atoms with E-state index >= 15 is 0 Å². The number of thioether (sulfide) groups is 1. The molecule has 0 amide bonds. The van der Waals surface area contributed by atoms with Gasteiger partial charge < -0.3 is 10.2 Å². The van der Waals surface area contributed by atoms with Crippen LogP contribution in [0.15, 0.2) is 20.8 Å². The fourth-order valence-electron chi connectivity index (χ4n) is 1.95. The van der Waals surface area contributed by atoms with Gasteiger partial charge in [0.2, 0.25) is 0 Å². The molecule has 1 aliphatic rings. The zero-order valence-corrected chi connectivity index (χ0v) is 12.5. The van der Waals surface area contributed by atoms with Crippen LogP contribution in [0.1, 0.15) is 10.9 Å². The quantitative estimate of drug-likeness (QED) is 0.710. The van der Waals surface area contributed by atoms with Crippen molar-refractivity contribution in [3.8, 4) is 0 Å². The number of hydrogen-bond acceptors (Lipinski definition) is 5. The molecule has 1 saturated heterocycles. The summed E-state index contributed by atoms with van der Waals surface area (Å²) in [5.41, 5.74) is -1.16. The molecule has 110 valence electrons. The molecule has 0 saturated carbocycles. The van der Waals surface area contributed by atoms with Crippen LogP contribution >= 0.6 is 27.7 Å². The molecule has 1 aromatic heterocycles. The molecular weight excluding hydrogens is 355 g/mol. The van der Waals surface area contributed by atoms with Gasteiger partial charge >= 0.3 is 5.69 Å². The van der Waals surface area contributed by atoms with Gasteiger partial charge in [0, 0.05) is 6.20 Å². The highest BCUT2D eigenvalue weighted by atomic mass is 79.9. The maximum Gasteiger partial charge on any atom is 0.329 e. The van der Waals surface area contributed by atoms with Gasteiger partial charge in [-0.3, -0.25) is 14.3 Å². The summed E-state index contributed by atoms with van der Waals surface area (Å²) in [6, 6.07) is 0. The number of alkyl halides is 1. The summed E-state index contributed by atoms with van der Waals surface area (Å²) < 4.78 is 15.1. The largest absolute Gasteiger partial charge is 0.395 e. The third-order valence-corrected chi connectivity index (χ3v) is 4.79. The van der Waals surface area contributed by atoms with Gasteiger partial charge in [0.25, 0.3) is 5.56 Å². The van der Waals surface area contributed by atoms with Gasteiger partial charge in [0.15, 0.2) is 6.17 Å². The molecule has 9 heteroatoms. The highest BCUT2D eigenvalue weighted by Gasteiger charge is 2.44. The van der Waals surface area contributed by atoms with Crippen molar-refractivity contribution in [3.63, 3.8) is 0 Å². The molecule has 6 nitrogen and oxygen atoms in total. The number of nitrogens with one attached hydrogen (secondary N) is 1. The summed E-state index contributed by atoms with van der Waals surface area (Å²) in [6.45, 7) is -0.394. The Morgan fingerprint density at radius 2 is 2.25 bits per heavy atom. The zero-order chi connectivity index (χ0) is 14.9. The summed E-state index contributed by atoms with van der Waals surface area (Å²) in [4.78, 5) is 26.8. The Bertz CT molecular complexity index is 632. The van der Waals surface area contributed by atoms with Crippen molar-refractivity contribution >= 4 is 33.8 Å². The molecule has 2 rings (SSSR count). The Hall–Kier alpha value is -0.900. The van der Waals surface area contributed by atoms with Gasteiger partial charge in [-0.05, 0) is 11.1 Å². The smallest absolute Gasteiger partial charge is 0.329 e. The Morgan fingerprint density at radius 1 is 1.55 bits per heavy atom. The van der Waals surface area contributed by atoms with Crippen LogP contribution in [0, 0.1) is 0 Å². The number of H-pyrrole nitrogens is 1. The average molecular weight is 367 g/mol. The summed E-state index contributed by atoms with van der Waals surface area (Å²) in [6.07, 6.45) is -0.414. The first kappa shape index (κ1) is 15.5. The number of aromatic nitrogens is 2. The topological polar surface area (TPSA) is 95.3 Å². The van der Waals surface area contributed by atoms with Crippen molar-refractivity contribution in [3.05, 3.63) is 37.6 Å². The van der Waals surface area contributed by atoms with Gasteiger partial charge in [-0.15, -0.1) is 11.8 Å². The normalized spacial score (nSPS) is 30.2. The molecule has 0 unspecified atom stereocenters. The number of rotatable bonds is 3. The van der Waals surface area contributed by atoms with Crippen LogP contribution < -0.4 is 11.2 Å². The third kappa shape index (κ3) is 2.76. The minimum atomic E-state index is -1.71. The Balaban J connectivity index is 2.46. The summed E-state index contributed by atoms with van der Waals surface area (Å²) in [5.74, 6) is 0. The standard InChI is InChI=1S/C11H12BrFN2O4S/c12-2-1-5-3-15(11(19)14-9(5)18)10-7(13)8(17)6(4-16)20-10/h1-3,6-8,10,16-17H,4H2,(H,14,18,19)/b2-1+/t6-,7+,8-,10-/m1/s1. The monoisotopic (exact) mass is 366 g/mol. The van der Waals surface area contributed by atoms with Crippen LogP contribution in [-0.2, 0) is 0 Å². The first-order valence-electron chi connectivity index (χ1n) is 5.70. The highest BCUT2D eigenvalue weighted by molar-refractivity contribution is 9.11. The van der Waals surface area contributed by atoms with Crippen molar-refractivity contribution in [2.45, 2.75) is 22.9 Å². The molecule has 1 fully saturated rings. The number of aromatic amines is 1. The predicted octanol–water partition coefficient (Wildman–Crippen LogP) is 0.208. The number of halogens is 2. The minimum absolute atomic E-state index is 0.177. The zero-order valence-electron chi connectivity index (χ0n) is 10.1. The van der Waals surface area contributed by atoms with E-state index in [0.29, 0.717) is 0 Å². The lowest BCUT2D eigenvalue weighted by atomic mass is 10.1. The second kappa shape index (κ2) is 6.25. The van der Waals surface area contributed by atoms with E-state index in [4.69, 9.17) is 5.11 Å². The minimum Gasteiger partial charge on any atom is -0.395 e. The van der Waals surface area contributed by atoms with Crippen LogP contribution in [0.2, 0.25) is 0 Å². The molecule has 1 aliphatic heterocycles. The number of aliphatic hydroxyl groups is 2. The molecule has 3 N–H and O–H groups in total. The Morgan fingerprint density at radius 3 is 2.80 bits per heavy atom. The van der Waals surface area contributed by atoms with Crippen LogP contribution in [0.25, 0.3) is 6.08 Å². The molecule has 0 radical (unpaired) electrons. The summed E-state index contributed by atoms with van der Waals surface area (Å²) >= 11 is 3.97. The molecule has 2 heterocycles. The molecule has 0 bridgehead atoms. The Labute approximate surface area is 125 Å². The van der Waals surface area contributed by atoms with Gasteiger partial charge in [-0.25, -0.2) is 9.18 Å². The summed E-state index contributed by atoms with van der Waals surface area (Å²) in [5, 5.41) is 17.0. The fourth-order valence-corrected chi connectivity index (χ4v) is 3.59. The van der Waals surface area contributed by atoms with E-state index in [9.17, 15) is 19.1 Å². The summed E-state index contributed by atoms with van der Waals surface area (Å²) in [7, 11) is 0. The number of hydrogen-bond donors (Lipinski definition) is 3. The second-order valence-electron chi connectivity index (χ2n) is 4.23. The van der Waals surface area contributed by atoms with Crippen molar-refractivity contribution in [2.24, 2.45) is 0 Å². The number of nitrogens with zero attached hydrogens (tertiary/aromatic N) is 1. The van der Waals surface area contributed by atoms with Crippen LogP contribution in [0.4, 0.5) is 4.39 Å². The van der Waals surface area contributed by atoms with Gasteiger partial charge in [-0.1, -0.05) is 15.9 Å². The lowest BCUT2D eigenvalue weighted by molar-refractivity contribution is 0.0631. The SMILES string of the molecule is O=c1[nH]c(=O)n([C@@H]2S[C@H](CO)[C@@H](O)[C@@H]2F)cc1/C=C/Br. The molecule has 0 aliphatic carbocycles. The van der Waals surface area contributed by atoms with Crippen LogP contribution in [0.3, 0.4) is 0 Å². The fraction of sp³-hybridized carbons (Fsp3) is 0.455. The highest BCUT2D eigenvalue weighted by Crippen LogP contribution is 2.42. The van der Waals surface area contributed by atoms with E-state index in [1.165, 1.54) is 17.3 Å². The lowest BCUT2D eigenvalue weighted by Crippen LogP contribution is -2.36. The van der Waals surface area contributed by atoms with Crippen molar-refractivity contribution in [2.75, 3.05) is 6.61 Å². The van der Waals surface area contributed by atoms with E-state index in [0.717, 1.165) is 16.3 Å². The van der Waals surface area contributed by atoms with E-state index in [-0.39, 0.29) is 5.56 Å². The molecule has 20 heavy (non-hydrogen) atoms. The third-order valence-electron chi connectivity index (χ3n) is 2.99.